The summed E-state index contributed by atoms with van der Waals surface area (Å²) in [5.41, 5.74) is 3.05. The average molecular weight is 324 g/mol. The van der Waals surface area contributed by atoms with Crippen LogP contribution < -0.4 is 10.5 Å². The molecule has 4 nitrogen and oxygen atoms in total. The number of nitrogens with one attached hydrogen (secondary N) is 1. The molecule has 0 aliphatic heterocycles. The normalized spacial score (nSPS) is 17.8. The van der Waals surface area contributed by atoms with Crippen molar-refractivity contribution in [2.75, 3.05) is 0 Å². The van der Waals surface area contributed by atoms with Crippen molar-refractivity contribution >= 4 is 27.2 Å². The van der Waals surface area contributed by atoms with E-state index in [9.17, 15) is 21.6 Å². The number of halogens is 3. The largest absolute Gasteiger partial charge is 0.407 e. The summed E-state index contributed by atoms with van der Waals surface area (Å²) >= 11 is 4.71. The summed E-state index contributed by atoms with van der Waals surface area (Å²) < 4.78 is 64.5. The Morgan fingerprint density at radius 2 is 1.85 bits per heavy atom. The minimum atomic E-state index is -4.63. The first-order valence-electron chi connectivity index (χ1n) is 5.59. The van der Waals surface area contributed by atoms with Gasteiger partial charge in [0, 0.05) is 5.56 Å². The van der Waals surface area contributed by atoms with Crippen molar-refractivity contribution in [3.05, 3.63) is 29.8 Å². The predicted octanol–water partition coefficient (Wildman–Crippen LogP) is 1.69. The van der Waals surface area contributed by atoms with E-state index in [1.807, 2.05) is 0 Å². The second-order valence-corrected chi connectivity index (χ2v) is 6.64. The molecule has 0 bridgehead atoms. The zero-order chi connectivity index (χ0) is 15.2. The van der Waals surface area contributed by atoms with E-state index in [0.29, 0.717) is 0 Å². The molecule has 0 saturated heterocycles. The number of alkyl halides is 3. The van der Waals surface area contributed by atoms with E-state index in [0.717, 1.165) is 0 Å². The van der Waals surface area contributed by atoms with Crippen molar-refractivity contribution in [1.82, 2.24) is 4.72 Å². The quantitative estimate of drug-likeness (QED) is 0.827. The lowest BCUT2D eigenvalue weighted by Gasteiger charge is -2.21. The Bertz CT molecular complexity index is 652. The molecule has 0 spiro atoms. The van der Waals surface area contributed by atoms with E-state index in [4.69, 9.17) is 18.0 Å². The first-order chi connectivity index (χ1) is 9.09. The standard InChI is InChI=1S/C11H11F3N2O2S2/c12-11(13,14)10(5-6-10)16-20(17,18)8-4-2-1-3-7(8)9(15)19/h1-4,16H,5-6H2,(H2,15,19). The second kappa shape index (κ2) is 4.68. The molecule has 0 unspecified atom stereocenters. The highest BCUT2D eigenvalue weighted by atomic mass is 32.2. The first-order valence-corrected chi connectivity index (χ1v) is 7.48. The minimum absolute atomic E-state index is 0.0213. The van der Waals surface area contributed by atoms with Crippen LogP contribution in [-0.4, -0.2) is 25.1 Å². The molecule has 0 aromatic heterocycles. The summed E-state index contributed by atoms with van der Waals surface area (Å²) in [5, 5.41) is 0. The summed E-state index contributed by atoms with van der Waals surface area (Å²) in [5.74, 6) is 0. The molecule has 2 rings (SSSR count). The van der Waals surface area contributed by atoms with Crippen LogP contribution in [0, 0.1) is 0 Å². The van der Waals surface area contributed by atoms with Crippen LogP contribution in [0.5, 0.6) is 0 Å². The molecule has 0 heterocycles. The Morgan fingerprint density at radius 1 is 1.30 bits per heavy atom. The molecule has 1 fully saturated rings. The Labute approximate surface area is 119 Å². The maximum atomic E-state index is 12.8. The first kappa shape index (κ1) is 15.2. The van der Waals surface area contributed by atoms with Crippen molar-refractivity contribution in [3.63, 3.8) is 0 Å². The topological polar surface area (TPSA) is 72.2 Å². The van der Waals surface area contributed by atoms with E-state index in [-0.39, 0.29) is 28.3 Å². The molecule has 1 aromatic rings. The lowest BCUT2D eigenvalue weighted by atomic mass is 10.2. The molecule has 9 heteroatoms. The number of thiocarbonyl (C=S) groups is 1. The van der Waals surface area contributed by atoms with Gasteiger partial charge in [0.25, 0.3) is 0 Å². The number of nitrogens with two attached hydrogens (primary N) is 1. The Hall–Kier alpha value is -1.19. The fourth-order valence-corrected chi connectivity index (χ4v) is 3.70. The zero-order valence-corrected chi connectivity index (χ0v) is 11.7. The van der Waals surface area contributed by atoms with Gasteiger partial charge in [0.2, 0.25) is 10.0 Å². The van der Waals surface area contributed by atoms with Crippen LogP contribution >= 0.6 is 12.2 Å². The molecular formula is C11H11F3N2O2S2. The van der Waals surface area contributed by atoms with Crippen LogP contribution in [0.15, 0.2) is 29.2 Å². The third-order valence-electron chi connectivity index (χ3n) is 3.06. The molecule has 3 N–H and O–H groups in total. The van der Waals surface area contributed by atoms with Crippen molar-refractivity contribution in [1.29, 1.82) is 0 Å². The number of rotatable bonds is 4. The average Bonchev–Trinajstić information content (AvgIpc) is 3.08. The van der Waals surface area contributed by atoms with E-state index >= 15 is 0 Å². The maximum Gasteiger partial charge on any atom is 0.407 e. The Morgan fingerprint density at radius 3 is 2.30 bits per heavy atom. The van der Waals surface area contributed by atoms with Crippen molar-refractivity contribution in [3.8, 4) is 0 Å². The van der Waals surface area contributed by atoms with Gasteiger partial charge in [0.1, 0.15) is 10.5 Å². The molecule has 1 aliphatic rings. The molecular weight excluding hydrogens is 313 g/mol. The molecule has 110 valence electrons. The molecule has 0 atom stereocenters. The molecule has 20 heavy (non-hydrogen) atoms. The van der Waals surface area contributed by atoms with E-state index < -0.39 is 21.7 Å². The fraction of sp³-hybridized carbons (Fsp3) is 0.364. The van der Waals surface area contributed by atoms with Crippen molar-refractivity contribution < 1.29 is 21.6 Å². The smallest absolute Gasteiger partial charge is 0.389 e. The van der Waals surface area contributed by atoms with Gasteiger partial charge in [-0.05, 0) is 18.9 Å². The lowest BCUT2D eigenvalue weighted by molar-refractivity contribution is -0.160. The third kappa shape index (κ3) is 2.65. The Kier molecular flexibility index (Phi) is 3.55. The van der Waals surface area contributed by atoms with Gasteiger partial charge in [0.15, 0.2) is 0 Å². The van der Waals surface area contributed by atoms with Crippen molar-refractivity contribution in [2.45, 2.75) is 29.5 Å². The summed E-state index contributed by atoms with van der Waals surface area (Å²) in [7, 11) is -4.35. The molecule has 1 saturated carbocycles. The van der Waals surface area contributed by atoms with Crippen molar-refractivity contribution in [2.24, 2.45) is 5.73 Å². The fourth-order valence-electron chi connectivity index (χ4n) is 1.79. The van der Waals surface area contributed by atoms with E-state index in [1.165, 1.54) is 24.3 Å². The maximum absolute atomic E-state index is 12.8. The SMILES string of the molecule is NC(=S)c1ccccc1S(=O)(=O)NC1(C(F)(F)F)CC1. The van der Waals surface area contributed by atoms with Gasteiger partial charge in [-0.15, -0.1) is 0 Å². The van der Waals surface area contributed by atoms with Crippen LogP contribution in [0.3, 0.4) is 0 Å². The highest BCUT2D eigenvalue weighted by Gasteiger charge is 2.65. The van der Waals surface area contributed by atoms with E-state index in [2.05, 4.69) is 0 Å². The summed E-state index contributed by atoms with van der Waals surface area (Å²) in [4.78, 5) is -0.536. The highest BCUT2D eigenvalue weighted by Crippen LogP contribution is 2.49. The van der Waals surface area contributed by atoms with Gasteiger partial charge >= 0.3 is 6.18 Å². The van der Waals surface area contributed by atoms with Gasteiger partial charge in [-0.3, -0.25) is 0 Å². The minimum Gasteiger partial charge on any atom is -0.389 e. The predicted molar refractivity (Wildman–Crippen MR) is 70.7 cm³/mol. The van der Waals surface area contributed by atoms with Crippen LogP contribution in [-0.2, 0) is 10.0 Å². The molecule has 1 aromatic carbocycles. The van der Waals surface area contributed by atoms with Crippen LogP contribution in [0.25, 0.3) is 0 Å². The number of benzene rings is 1. The lowest BCUT2D eigenvalue weighted by Crippen LogP contribution is -2.48. The van der Waals surface area contributed by atoms with Gasteiger partial charge in [-0.25, -0.2) is 8.42 Å². The monoisotopic (exact) mass is 324 g/mol. The summed E-state index contributed by atoms with van der Waals surface area (Å²) in [6.45, 7) is 0. The highest BCUT2D eigenvalue weighted by molar-refractivity contribution is 7.89. The van der Waals surface area contributed by atoms with Crippen LogP contribution in [0.1, 0.15) is 18.4 Å². The zero-order valence-electron chi connectivity index (χ0n) is 10.1. The van der Waals surface area contributed by atoms with Gasteiger partial charge < -0.3 is 5.73 Å². The van der Waals surface area contributed by atoms with Gasteiger partial charge in [-0.1, -0.05) is 30.4 Å². The number of hydrogen-bond acceptors (Lipinski definition) is 3. The molecule has 0 amide bonds. The van der Waals surface area contributed by atoms with E-state index in [1.54, 1.807) is 4.72 Å². The summed E-state index contributed by atoms with van der Waals surface area (Å²) in [6, 6.07) is 5.42. The molecule has 0 radical (unpaired) electrons. The Balaban J connectivity index is 2.41. The van der Waals surface area contributed by atoms with Gasteiger partial charge in [0.05, 0.1) is 4.90 Å². The third-order valence-corrected chi connectivity index (χ3v) is 4.88. The van der Waals surface area contributed by atoms with Crippen LogP contribution in [0.2, 0.25) is 0 Å². The summed E-state index contributed by atoms with van der Waals surface area (Å²) in [6.07, 6.45) is -5.17. The number of hydrogen-bond donors (Lipinski definition) is 2. The van der Waals surface area contributed by atoms with Gasteiger partial charge in [-0.2, -0.15) is 17.9 Å². The second-order valence-electron chi connectivity index (χ2n) is 4.55. The van der Waals surface area contributed by atoms with Crippen LogP contribution in [0.4, 0.5) is 13.2 Å². The molecule has 1 aliphatic carbocycles. The number of sulfonamides is 1.